The summed E-state index contributed by atoms with van der Waals surface area (Å²) in [7, 11) is -1.66. The molecule has 0 unspecified atom stereocenters. The molecule has 1 saturated heterocycles. The predicted octanol–water partition coefficient (Wildman–Crippen LogP) is 13.1. The van der Waals surface area contributed by atoms with E-state index in [1.54, 1.807) is 43.3 Å². The minimum absolute atomic E-state index is 0. The van der Waals surface area contributed by atoms with Crippen molar-refractivity contribution >= 4 is 76.6 Å². The molecule has 3 aromatic rings. The summed E-state index contributed by atoms with van der Waals surface area (Å²) in [6, 6.07) is 21.6. The Morgan fingerprint density at radius 2 is 1.31 bits per heavy atom. The summed E-state index contributed by atoms with van der Waals surface area (Å²) in [5.74, 6) is 0.206. The number of cyclic esters (lactones) is 1. The van der Waals surface area contributed by atoms with E-state index in [9.17, 15) is 14.4 Å². The van der Waals surface area contributed by atoms with E-state index in [1.165, 1.54) is 6.42 Å². The average molecular weight is 958 g/mol. The van der Waals surface area contributed by atoms with Gasteiger partial charge in [-0.2, -0.15) is 6.42 Å². The van der Waals surface area contributed by atoms with Crippen molar-refractivity contribution in [2.45, 2.75) is 145 Å². The molecule has 0 aromatic heterocycles. The third-order valence-corrected chi connectivity index (χ3v) is 14.1. The van der Waals surface area contributed by atoms with Gasteiger partial charge in [0.2, 0.25) is 0 Å². The number of carbonyl (C=O) groups is 3. The molecule has 0 aliphatic carbocycles. The first-order chi connectivity index (χ1) is 26.9. The summed E-state index contributed by atoms with van der Waals surface area (Å²) < 4.78 is 18.0. The number of Topliss-reactive ketones (excluding diaryl/α,β-unsaturated/α-hetero) is 2. The summed E-state index contributed by atoms with van der Waals surface area (Å²) >= 11 is 20.5. The molecule has 0 atom stereocenters. The Kier molecular flexibility index (Phi) is 44.2. The maximum absolute atomic E-state index is 12.0. The second-order valence-corrected chi connectivity index (χ2v) is 21.1. The van der Waals surface area contributed by atoms with Crippen molar-refractivity contribution in [3.8, 4) is 0 Å². The molecule has 0 bridgehead atoms. The molecule has 6 nitrogen and oxygen atoms in total. The van der Waals surface area contributed by atoms with Gasteiger partial charge in [0, 0.05) is 64.5 Å². The molecule has 4 rings (SSSR count). The van der Waals surface area contributed by atoms with E-state index in [0.29, 0.717) is 60.4 Å². The van der Waals surface area contributed by atoms with Crippen LogP contribution in [-0.4, -0.2) is 50.8 Å². The molecule has 0 spiro atoms. The number of hydrogen-bond donors (Lipinski definition) is 1. The minimum Gasteiger partial charge on any atom is -0.466 e. The Morgan fingerprint density at radius 3 is 1.61 bits per heavy atom. The number of aliphatic hydroxyl groups excluding tert-OH is 1. The van der Waals surface area contributed by atoms with Crippen LogP contribution in [0.2, 0.25) is 33.2 Å². The largest absolute Gasteiger partial charge is 1.00 e. The number of esters is 1. The molecule has 0 saturated carbocycles. The van der Waals surface area contributed by atoms with Crippen LogP contribution in [0, 0.1) is 6.92 Å². The van der Waals surface area contributed by atoms with Crippen LogP contribution in [0.3, 0.4) is 0 Å². The first kappa shape index (κ1) is 64.2. The van der Waals surface area contributed by atoms with Crippen molar-refractivity contribution in [2.24, 2.45) is 0 Å². The van der Waals surface area contributed by atoms with E-state index in [-0.39, 0.29) is 62.9 Å². The standard InChI is InChI=1S/C17H27ClO2Si.C11H13ClO2.C6H4BrCl.C5H8O2.C4H9.C2H6.2CH4.Li/c1-17(2,3)21(4,5)20-12-7-6-11-16(19)14-9-8-10-15(18)13-14;12-10-5-3-4-9(8-10)11(14)6-1-2-7-13;7-5-2-1-3-6(8)4-5;6-5-3-1-2-4-7-5;1-3-4-2;1-2;;;/h8-10,13H,6-7,11-12H2,1-5H3;3-5,8,13H,1-2,6-7H2;1-4H;1-4H2;1,3-4H2,2H3;1-2H3;2*1H4;/q;;;;-1;;;;+1/i;;;;;1D;;;. The number of carbonyl (C=O) groups excluding carboxylic acids is 3. The number of rotatable bonds is 13. The predicted molar refractivity (Wildman–Crippen MR) is 259 cm³/mol. The molecule has 1 aliphatic rings. The van der Waals surface area contributed by atoms with Crippen LogP contribution in [0.25, 0.3) is 0 Å². The first-order valence-electron chi connectivity index (χ1n) is 20.1. The average Bonchev–Trinajstić information content (AvgIpc) is 3.15. The number of aliphatic hydroxyl groups is 1. The van der Waals surface area contributed by atoms with Crippen molar-refractivity contribution in [3.05, 3.63) is 110 Å². The molecule has 1 aliphatic heterocycles. The topological polar surface area (TPSA) is 89.9 Å². The maximum Gasteiger partial charge on any atom is 1.00 e. The Bertz CT molecular complexity index is 1500. The number of benzene rings is 3. The van der Waals surface area contributed by atoms with Crippen LogP contribution < -0.4 is 18.9 Å². The van der Waals surface area contributed by atoms with Gasteiger partial charge >= 0.3 is 24.8 Å². The number of ether oxygens (including phenoxy) is 1. The Balaban J connectivity index is -0.000000223. The molecule has 59 heavy (non-hydrogen) atoms. The van der Waals surface area contributed by atoms with Gasteiger partial charge in [-0.1, -0.05) is 144 Å². The van der Waals surface area contributed by atoms with Crippen molar-refractivity contribution < 1.29 is 48.9 Å². The van der Waals surface area contributed by atoms with Crippen molar-refractivity contribution in [1.82, 2.24) is 0 Å². The van der Waals surface area contributed by atoms with Crippen molar-refractivity contribution in [2.75, 3.05) is 19.8 Å². The van der Waals surface area contributed by atoms with Crippen LogP contribution in [-0.2, 0) is 14.0 Å². The van der Waals surface area contributed by atoms with Gasteiger partial charge < -0.3 is 21.2 Å². The third-order valence-electron chi connectivity index (χ3n) is 8.35. The summed E-state index contributed by atoms with van der Waals surface area (Å²) in [6.07, 6.45) is 9.18. The van der Waals surface area contributed by atoms with Crippen molar-refractivity contribution in [1.29, 1.82) is 0 Å². The van der Waals surface area contributed by atoms with E-state index in [0.717, 1.165) is 54.6 Å². The van der Waals surface area contributed by atoms with E-state index in [2.05, 4.69) is 68.4 Å². The summed E-state index contributed by atoms with van der Waals surface area (Å²) in [4.78, 5) is 33.8. The normalized spacial score (nSPS) is 11.5. The van der Waals surface area contributed by atoms with Crippen LogP contribution in [0.5, 0.6) is 0 Å². The molecular weight excluding hydrogens is 882 g/mol. The van der Waals surface area contributed by atoms with E-state index < -0.39 is 8.32 Å². The maximum atomic E-state index is 12.0. The second-order valence-electron chi connectivity index (χ2n) is 14.1. The number of unbranched alkanes of at least 4 members (excludes halogenated alkanes) is 3. The molecular formula is C47H75BrCl3LiO6Si. The minimum atomic E-state index is -1.66. The van der Waals surface area contributed by atoms with Gasteiger partial charge in [-0.3, -0.25) is 14.4 Å². The van der Waals surface area contributed by atoms with Gasteiger partial charge in [0.15, 0.2) is 19.9 Å². The molecule has 12 heteroatoms. The van der Waals surface area contributed by atoms with Gasteiger partial charge in [-0.25, -0.2) is 0 Å². The van der Waals surface area contributed by atoms with Gasteiger partial charge in [-0.05, 0) is 99.1 Å². The fourth-order valence-corrected chi connectivity index (χ4v) is 6.22. The summed E-state index contributed by atoms with van der Waals surface area (Å²) in [6.45, 7) is 20.8. The number of halogens is 4. The SMILES string of the molecule is C.C.CC(C)(C)[Si](C)(C)OCCCCC(=O)c1cccc(Cl)c1.Clc1cccc(Br)c1.O=C(CCCCO)c1cccc(Cl)c1.O=C1CCCCO1.[2H]CC.[CH2-]CCC.[Li+]. The fourth-order valence-electron chi connectivity index (χ4n) is 4.03. The summed E-state index contributed by atoms with van der Waals surface area (Å²) in [5, 5.41) is 10.8. The molecule has 0 amide bonds. The number of hydrogen-bond acceptors (Lipinski definition) is 6. The van der Waals surface area contributed by atoms with Crippen LogP contribution >= 0.6 is 50.7 Å². The van der Waals surface area contributed by atoms with E-state index >= 15 is 0 Å². The van der Waals surface area contributed by atoms with Gasteiger partial charge in [0.1, 0.15) is 0 Å². The quantitative estimate of drug-likeness (QED) is 0.0603. The van der Waals surface area contributed by atoms with Gasteiger partial charge in [0.25, 0.3) is 0 Å². The molecule has 0 radical (unpaired) electrons. The zero-order chi connectivity index (χ0) is 43.7. The Labute approximate surface area is 398 Å². The van der Waals surface area contributed by atoms with Gasteiger partial charge in [-0.15, -0.1) is 0 Å². The zero-order valence-corrected chi connectivity index (χ0v) is 40.6. The van der Waals surface area contributed by atoms with Crippen LogP contribution in [0.15, 0.2) is 77.3 Å². The van der Waals surface area contributed by atoms with Gasteiger partial charge in [0.05, 0.1) is 6.61 Å². The zero-order valence-electron chi connectivity index (χ0n) is 36.7. The van der Waals surface area contributed by atoms with Crippen LogP contribution in [0.4, 0.5) is 0 Å². The van der Waals surface area contributed by atoms with E-state index in [1.807, 2.05) is 36.4 Å². The molecule has 3 aromatic carbocycles. The molecule has 1 N–H and O–H groups in total. The van der Waals surface area contributed by atoms with E-state index in [4.69, 9.17) is 45.7 Å². The molecule has 1 heterocycles. The monoisotopic (exact) mass is 955 g/mol. The first-order valence-corrected chi connectivity index (χ1v) is 24.2. The third kappa shape index (κ3) is 35.8. The smallest absolute Gasteiger partial charge is 0.466 e. The number of ketones is 2. The fraction of sp³-hybridized carbons (Fsp3) is 0.532. The Hall–Kier alpha value is -1.45. The second kappa shape index (κ2) is 40.6. The van der Waals surface area contributed by atoms with Crippen LogP contribution in [0.1, 0.15) is 149 Å². The Morgan fingerprint density at radius 1 is 0.864 bits per heavy atom. The van der Waals surface area contributed by atoms with Crippen molar-refractivity contribution in [3.63, 3.8) is 0 Å². The molecule has 332 valence electrons. The summed E-state index contributed by atoms with van der Waals surface area (Å²) in [5.41, 5.74) is 1.35. The molecule has 1 fully saturated rings.